The van der Waals surface area contributed by atoms with E-state index in [0.717, 1.165) is 19.3 Å². The van der Waals surface area contributed by atoms with Crippen LogP contribution in [0.15, 0.2) is 12.2 Å². The number of carbonyl (C=O) groups excluding carboxylic acids is 1. The average Bonchev–Trinajstić information content (AvgIpc) is 2.15. The molecule has 0 saturated carbocycles. The van der Waals surface area contributed by atoms with E-state index >= 15 is 0 Å². The van der Waals surface area contributed by atoms with Crippen LogP contribution in [0.25, 0.3) is 0 Å². The van der Waals surface area contributed by atoms with Gasteiger partial charge in [-0.05, 0) is 19.3 Å². The van der Waals surface area contributed by atoms with Gasteiger partial charge in [0.25, 0.3) is 0 Å². The van der Waals surface area contributed by atoms with Crippen molar-refractivity contribution in [2.75, 3.05) is 7.11 Å². The molecular formula is C11H19NO2. The molecule has 0 bridgehead atoms. The fourth-order valence-corrected chi connectivity index (χ4v) is 1.80. The van der Waals surface area contributed by atoms with Gasteiger partial charge in [0.05, 0.1) is 7.11 Å². The second kappa shape index (κ2) is 5.81. The van der Waals surface area contributed by atoms with E-state index < -0.39 is 6.04 Å². The molecule has 1 rings (SSSR count). The Morgan fingerprint density at radius 1 is 1.50 bits per heavy atom. The van der Waals surface area contributed by atoms with Crippen molar-refractivity contribution in [2.24, 2.45) is 11.7 Å². The molecule has 0 heterocycles. The Labute approximate surface area is 85.3 Å². The van der Waals surface area contributed by atoms with Crippen molar-refractivity contribution in [3.05, 3.63) is 12.2 Å². The lowest BCUT2D eigenvalue weighted by Crippen LogP contribution is -2.38. The van der Waals surface area contributed by atoms with E-state index in [0.29, 0.717) is 0 Å². The molecule has 80 valence electrons. The standard InChI is InChI=1S/C11H19NO2/c1-14-11(13)10(12)9-7-5-3-2-4-6-8-9/h5,7,9-10H,2-4,6,8,12H2,1H3/b7-5-. The summed E-state index contributed by atoms with van der Waals surface area (Å²) in [6.45, 7) is 0. The molecule has 0 aromatic heterocycles. The summed E-state index contributed by atoms with van der Waals surface area (Å²) in [5.41, 5.74) is 5.80. The summed E-state index contributed by atoms with van der Waals surface area (Å²) in [7, 11) is 1.38. The third-order valence-electron chi connectivity index (χ3n) is 2.73. The van der Waals surface area contributed by atoms with Gasteiger partial charge >= 0.3 is 5.97 Å². The predicted octanol–water partition coefficient (Wildman–Crippen LogP) is 1.62. The van der Waals surface area contributed by atoms with Crippen LogP contribution in [0, 0.1) is 5.92 Å². The number of esters is 1. The molecule has 1 aliphatic rings. The molecule has 0 aliphatic heterocycles. The van der Waals surface area contributed by atoms with Gasteiger partial charge in [-0.25, -0.2) is 0 Å². The molecule has 2 N–H and O–H groups in total. The third kappa shape index (κ3) is 3.14. The third-order valence-corrected chi connectivity index (χ3v) is 2.73. The molecule has 0 aromatic rings. The second-order valence-electron chi connectivity index (χ2n) is 3.78. The maximum atomic E-state index is 11.2. The van der Waals surface area contributed by atoms with Crippen LogP contribution in [0.5, 0.6) is 0 Å². The molecule has 0 saturated heterocycles. The first-order valence-electron chi connectivity index (χ1n) is 5.26. The van der Waals surface area contributed by atoms with E-state index in [-0.39, 0.29) is 11.9 Å². The Bertz CT molecular complexity index is 213. The van der Waals surface area contributed by atoms with Crippen molar-refractivity contribution in [3.63, 3.8) is 0 Å². The van der Waals surface area contributed by atoms with Crippen molar-refractivity contribution in [3.8, 4) is 0 Å². The number of nitrogens with two attached hydrogens (primary N) is 1. The lowest BCUT2D eigenvalue weighted by atomic mass is 9.91. The highest BCUT2D eigenvalue weighted by Gasteiger charge is 2.23. The monoisotopic (exact) mass is 197 g/mol. The first kappa shape index (κ1) is 11.2. The topological polar surface area (TPSA) is 52.3 Å². The molecule has 0 spiro atoms. The number of rotatable bonds is 2. The Hall–Kier alpha value is -0.830. The zero-order valence-corrected chi connectivity index (χ0v) is 8.74. The van der Waals surface area contributed by atoms with Gasteiger partial charge < -0.3 is 10.5 Å². The minimum Gasteiger partial charge on any atom is -0.468 e. The average molecular weight is 197 g/mol. The summed E-state index contributed by atoms with van der Waals surface area (Å²) >= 11 is 0. The maximum Gasteiger partial charge on any atom is 0.323 e. The van der Waals surface area contributed by atoms with Crippen molar-refractivity contribution in [1.82, 2.24) is 0 Å². The van der Waals surface area contributed by atoms with Gasteiger partial charge in [-0.3, -0.25) is 4.79 Å². The van der Waals surface area contributed by atoms with E-state index in [2.05, 4.69) is 16.9 Å². The minimum atomic E-state index is -0.491. The summed E-state index contributed by atoms with van der Waals surface area (Å²) in [4.78, 5) is 11.2. The summed E-state index contributed by atoms with van der Waals surface area (Å²) in [6, 6.07) is -0.491. The molecule has 3 nitrogen and oxygen atoms in total. The molecule has 14 heavy (non-hydrogen) atoms. The summed E-state index contributed by atoms with van der Waals surface area (Å²) in [5, 5.41) is 0. The normalized spacial score (nSPS) is 27.1. The first-order chi connectivity index (χ1) is 6.75. The van der Waals surface area contributed by atoms with E-state index in [9.17, 15) is 4.79 Å². The fourth-order valence-electron chi connectivity index (χ4n) is 1.80. The van der Waals surface area contributed by atoms with Gasteiger partial charge in [0.1, 0.15) is 6.04 Å². The highest BCUT2D eigenvalue weighted by molar-refractivity contribution is 5.76. The zero-order valence-electron chi connectivity index (χ0n) is 8.74. The molecule has 0 fully saturated rings. The number of methoxy groups -OCH3 is 1. The highest BCUT2D eigenvalue weighted by atomic mass is 16.5. The lowest BCUT2D eigenvalue weighted by Gasteiger charge is -2.19. The number of hydrogen-bond donors (Lipinski definition) is 1. The van der Waals surface area contributed by atoms with Crippen LogP contribution in [-0.4, -0.2) is 19.1 Å². The molecular weight excluding hydrogens is 178 g/mol. The van der Waals surface area contributed by atoms with Crippen LogP contribution < -0.4 is 5.73 Å². The second-order valence-corrected chi connectivity index (χ2v) is 3.78. The Morgan fingerprint density at radius 3 is 3.00 bits per heavy atom. The van der Waals surface area contributed by atoms with Crippen LogP contribution >= 0.6 is 0 Å². The summed E-state index contributed by atoms with van der Waals surface area (Å²) < 4.78 is 4.64. The van der Waals surface area contributed by atoms with Gasteiger partial charge in [0.15, 0.2) is 0 Å². The van der Waals surface area contributed by atoms with Gasteiger partial charge in [-0.15, -0.1) is 0 Å². The minimum absolute atomic E-state index is 0.155. The molecule has 0 amide bonds. The van der Waals surface area contributed by atoms with E-state index in [1.54, 1.807) is 0 Å². The summed E-state index contributed by atoms with van der Waals surface area (Å²) in [5.74, 6) is -0.150. The van der Waals surface area contributed by atoms with Crippen LogP contribution in [0.1, 0.15) is 32.1 Å². The first-order valence-corrected chi connectivity index (χ1v) is 5.26. The van der Waals surface area contributed by atoms with Gasteiger partial charge in [0.2, 0.25) is 0 Å². The maximum absolute atomic E-state index is 11.2. The summed E-state index contributed by atoms with van der Waals surface area (Å²) in [6.07, 6.45) is 9.93. The van der Waals surface area contributed by atoms with E-state index in [1.165, 1.54) is 20.0 Å². The van der Waals surface area contributed by atoms with E-state index in [1.807, 2.05) is 0 Å². The zero-order chi connectivity index (χ0) is 10.4. The Balaban J connectivity index is 2.54. The van der Waals surface area contributed by atoms with Crippen LogP contribution in [-0.2, 0) is 9.53 Å². The molecule has 2 unspecified atom stereocenters. The number of carbonyl (C=O) groups is 1. The molecule has 2 atom stereocenters. The number of allylic oxidation sites excluding steroid dienone is 1. The Kier molecular flexibility index (Phi) is 4.66. The fraction of sp³-hybridized carbons (Fsp3) is 0.727. The number of hydrogen-bond acceptors (Lipinski definition) is 3. The van der Waals surface area contributed by atoms with Crippen molar-refractivity contribution < 1.29 is 9.53 Å². The quantitative estimate of drug-likeness (QED) is 0.540. The SMILES string of the molecule is COC(=O)C(N)C1/C=C\CCCCC1. The number of ether oxygens (including phenoxy) is 1. The molecule has 0 radical (unpaired) electrons. The Morgan fingerprint density at radius 2 is 2.29 bits per heavy atom. The van der Waals surface area contributed by atoms with Gasteiger partial charge in [-0.1, -0.05) is 25.0 Å². The molecule has 0 aromatic carbocycles. The highest BCUT2D eigenvalue weighted by Crippen LogP contribution is 2.19. The van der Waals surface area contributed by atoms with Crippen molar-refractivity contribution in [2.45, 2.75) is 38.1 Å². The molecule has 3 heteroatoms. The smallest absolute Gasteiger partial charge is 0.323 e. The predicted molar refractivity (Wildman–Crippen MR) is 55.7 cm³/mol. The lowest BCUT2D eigenvalue weighted by molar-refractivity contribution is -0.143. The molecule has 1 aliphatic carbocycles. The van der Waals surface area contributed by atoms with Crippen molar-refractivity contribution in [1.29, 1.82) is 0 Å². The van der Waals surface area contributed by atoms with Gasteiger partial charge in [0, 0.05) is 5.92 Å². The largest absolute Gasteiger partial charge is 0.468 e. The van der Waals surface area contributed by atoms with Crippen LogP contribution in [0.4, 0.5) is 0 Å². The van der Waals surface area contributed by atoms with E-state index in [4.69, 9.17) is 5.73 Å². The van der Waals surface area contributed by atoms with Gasteiger partial charge in [-0.2, -0.15) is 0 Å². The van der Waals surface area contributed by atoms with Crippen LogP contribution in [0.2, 0.25) is 0 Å². The van der Waals surface area contributed by atoms with Crippen LogP contribution in [0.3, 0.4) is 0 Å². The van der Waals surface area contributed by atoms with Crippen molar-refractivity contribution >= 4 is 5.97 Å².